The topological polar surface area (TPSA) is 54.9 Å². The lowest BCUT2D eigenvalue weighted by molar-refractivity contribution is -0.116. The average molecular weight is 383 g/mol. The smallest absolute Gasteiger partial charge is 0.238 e. The predicted octanol–water partition coefficient (Wildman–Crippen LogP) is 4.36. The van der Waals surface area contributed by atoms with E-state index in [0.717, 1.165) is 11.7 Å². The summed E-state index contributed by atoms with van der Waals surface area (Å²) in [4.78, 5) is 11.8. The number of anilines is 1. The molecule has 0 aliphatic rings. The van der Waals surface area contributed by atoms with E-state index in [1.165, 1.54) is 0 Å². The van der Waals surface area contributed by atoms with Gasteiger partial charge in [-0.05, 0) is 12.0 Å². The molecule has 0 saturated carbocycles. The highest BCUT2D eigenvalue weighted by atomic mass is 79.9. The highest BCUT2D eigenvalue weighted by molar-refractivity contribution is 9.10. The van der Waals surface area contributed by atoms with Gasteiger partial charge < -0.3 is 5.32 Å². The minimum atomic E-state index is -0.305. The van der Waals surface area contributed by atoms with E-state index in [0.29, 0.717) is 26.8 Å². The molecule has 19 heavy (non-hydrogen) atoms. The lowest BCUT2D eigenvalue weighted by Gasteiger charge is -2.15. The quantitative estimate of drug-likeness (QED) is 0.802. The van der Waals surface area contributed by atoms with Gasteiger partial charge in [-0.2, -0.15) is 8.75 Å². The number of aromatic nitrogens is 2. The summed E-state index contributed by atoms with van der Waals surface area (Å²) in [6.07, 6.45) is 0. The van der Waals surface area contributed by atoms with Crippen molar-refractivity contribution in [2.45, 2.75) is 18.7 Å². The molecule has 2 aromatic rings. The Morgan fingerprint density at radius 2 is 1.95 bits per heavy atom. The fraction of sp³-hybridized carbons (Fsp3) is 0.364. The van der Waals surface area contributed by atoms with Crippen LogP contribution in [0.4, 0.5) is 5.69 Å². The lowest BCUT2D eigenvalue weighted by atomic mass is 10.1. The molecule has 4 nitrogen and oxygen atoms in total. The van der Waals surface area contributed by atoms with E-state index in [1.807, 2.05) is 13.8 Å². The van der Waals surface area contributed by atoms with Crippen LogP contribution in [0.3, 0.4) is 0 Å². The van der Waals surface area contributed by atoms with Crippen LogP contribution in [0.15, 0.2) is 6.07 Å². The number of benzene rings is 1. The number of halogens is 3. The Morgan fingerprint density at radius 1 is 1.32 bits per heavy atom. The molecule has 1 heterocycles. The van der Waals surface area contributed by atoms with Crippen LogP contribution in [-0.4, -0.2) is 19.5 Å². The van der Waals surface area contributed by atoms with Crippen molar-refractivity contribution < 1.29 is 4.79 Å². The van der Waals surface area contributed by atoms with Gasteiger partial charge >= 0.3 is 0 Å². The van der Waals surface area contributed by atoms with Crippen molar-refractivity contribution in [2.75, 3.05) is 5.32 Å². The van der Waals surface area contributed by atoms with Crippen LogP contribution in [0.2, 0.25) is 10.0 Å². The van der Waals surface area contributed by atoms with Gasteiger partial charge in [-0.15, -0.1) is 0 Å². The van der Waals surface area contributed by atoms with Crippen molar-refractivity contribution in [3.05, 3.63) is 16.1 Å². The van der Waals surface area contributed by atoms with Crippen LogP contribution in [0, 0.1) is 5.92 Å². The molecule has 0 bridgehead atoms. The minimum Gasteiger partial charge on any atom is -0.322 e. The van der Waals surface area contributed by atoms with Crippen molar-refractivity contribution >= 4 is 73.5 Å². The summed E-state index contributed by atoms with van der Waals surface area (Å²) in [5.41, 5.74) is 1.51. The molecular weight excluding hydrogens is 373 g/mol. The van der Waals surface area contributed by atoms with E-state index in [9.17, 15) is 4.79 Å². The Hall–Kier alpha value is -0.430. The summed E-state index contributed by atoms with van der Waals surface area (Å²) in [6, 6.07) is 1.56. The number of amides is 1. The Kier molecular flexibility index (Phi) is 4.66. The number of carbonyl (C=O) groups excluding carboxylic acids is 1. The molecular formula is C11H10BrCl2N3OS. The van der Waals surface area contributed by atoms with E-state index in [1.54, 1.807) is 6.07 Å². The van der Waals surface area contributed by atoms with Gasteiger partial charge in [0.05, 0.1) is 32.3 Å². The summed E-state index contributed by atoms with van der Waals surface area (Å²) in [5, 5.41) is 3.55. The summed E-state index contributed by atoms with van der Waals surface area (Å²) >= 11 is 16.5. The highest BCUT2D eigenvalue weighted by Crippen LogP contribution is 2.35. The molecule has 8 heteroatoms. The molecule has 0 aliphatic carbocycles. The molecule has 1 atom stereocenters. The fourth-order valence-electron chi connectivity index (χ4n) is 1.49. The van der Waals surface area contributed by atoms with Gasteiger partial charge in [-0.3, -0.25) is 4.79 Å². The van der Waals surface area contributed by atoms with Crippen LogP contribution in [-0.2, 0) is 4.79 Å². The number of rotatable bonds is 3. The molecule has 0 fully saturated rings. The molecule has 1 aromatic carbocycles. The molecule has 0 radical (unpaired) electrons. The Bertz CT molecular complexity index is 632. The summed E-state index contributed by atoms with van der Waals surface area (Å²) in [5.74, 6) is -0.0105. The number of hydrogen-bond acceptors (Lipinski definition) is 4. The third-order valence-corrected chi connectivity index (χ3v) is 5.12. The normalized spacial score (nSPS) is 12.9. The van der Waals surface area contributed by atoms with Gasteiger partial charge in [-0.1, -0.05) is 53.0 Å². The van der Waals surface area contributed by atoms with Crippen molar-refractivity contribution in [1.82, 2.24) is 8.75 Å². The van der Waals surface area contributed by atoms with Crippen molar-refractivity contribution in [1.29, 1.82) is 0 Å². The van der Waals surface area contributed by atoms with Gasteiger partial charge in [0.1, 0.15) is 11.0 Å². The number of fused-ring (bicyclic) bond motifs is 1. The molecule has 0 aliphatic heterocycles. The van der Waals surface area contributed by atoms with Gasteiger partial charge in [0.25, 0.3) is 0 Å². The minimum absolute atomic E-state index is 0.162. The SMILES string of the molecule is CC(C)C(Br)C(=O)Nc1c(Cl)cc(Cl)c2nsnc12. The zero-order chi connectivity index (χ0) is 14.2. The standard InChI is InChI=1S/C11H10BrCl2N3OS/c1-4(2)7(12)11(18)15-8-5(13)3-6(14)9-10(8)17-19-16-9/h3-4,7H,1-2H3,(H,15,18). The maximum atomic E-state index is 12.1. The second-order valence-electron chi connectivity index (χ2n) is 4.31. The zero-order valence-electron chi connectivity index (χ0n) is 10.1. The van der Waals surface area contributed by atoms with Crippen molar-refractivity contribution in [2.24, 2.45) is 5.92 Å². The second-order valence-corrected chi connectivity index (χ2v) is 6.64. The first-order valence-corrected chi connectivity index (χ1v) is 7.87. The van der Waals surface area contributed by atoms with Crippen molar-refractivity contribution in [3.63, 3.8) is 0 Å². The first-order valence-electron chi connectivity index (χ1n) is 5.47. The van der Waals surface area contributed by atoms with Crippen molar-refractivity contribution in [3.8, 4) is 0 Å². The van der Waals surface area contributed by atoms with Crippen LogP contribution in [0.1, 0.15) is 13.8 Å². The third kappa shape index (κ3) is 3.02. The summed E-state index contributed by atoms with van der Waals surface area (Å²) in [7, 11) is 0. The summed E-state index contributed by atoms with van der Waals surface area (Å²) in [6.45, 7) is 3.89. The molecule has 1 amide bonds. The predicted molar refractivity (Wildman–Crippen MR) is 83.6 cm³/mol. The summed E-state index contributed by atoms with van der Waals surface area (Å²) < 4.78 is 8.21. The lowest BCUT2D eigenvalue weighted by Crippen LogP contribution is -2.27. The molecule has 1 N–H and O–H groups in total. The van der Waals surface area contributed by atoms with Crippen LogP contribution in [0.25, 0.3) is 11.0 Å². The molecule has 1 aromatic heterocycles. The number of alkyl halides is 1. The first-order chi connectivity index (χ1) is 8.91. The second kappa shape index (κ2) is 5.91. The Morgan fingerprint density at radius 3 is 2.58 bits per heavy atom. The van der Waals surface area contributed by atoms with E-state index < -0.39 is 0 Å². The monoisotopic (exact) mass is 381 g/mol. The molecule has 0 spiro atoms. The Balaban J connectivity index is 2.40. The average Bonchev–Trinajstić information content (AvgIpc) is 2.82. The first kappa shape index (κ1) is 15.0. The van der Waals surface area contributed by atoms with Gasteiger partial charge in [0.15, 0.2) is 0 Å². The molecule has 2 rings (SSSR count). The maximum Gasteiger partial charge on any atom is 0.238 e. The molecule has 1 unspecified atom stereocenters. The van der Waals surface area contributed by atoms with Crippen LogP contribution < -0.4 is 5.32 Å². The number of nitrogens with zero attached hydrogens (tertiary/aromatic N) is 2. The van der Waals surface area contributed by atoms with E-state index in [2.05, 4.69) is 30.0 Å². The zero-order valence-corrected chi connectivity index (χ0v) is 14.0. The highest BCUT2D eigenvalue weighted by Gasteiger charge is 2.22. The fourth-order valence-corrected chi connectivity index (χ4v) is 2.76. The van der Waals surface area contributed by atoms with Gasteiger partial charge in [0, 0.05) is 0 Å². The number of carbonyl (C=O) groups is 1. The van der Waals surface area contributed by atoms with Gasteiger partial charge in [-0.25, -0.2) is 0 Å². The maximum absolute atomic E-state index is 12.1. The Labute approximate surface area is 132 Å². The van der Waals surface area contributed by atoms with Crippen LogP contribution >= 0.6 is 50.9 Å². The molecule has 102 valence electrons. The number of hydrogen-bond donors (Lipinski definition) is 1. The van der Waals surface area contributed by atoms with E-state index >= 15 is 0 Å². The largest absolute Gasteiger partial charge is 0.322 e. The van der Waals surface area contributed by atoms with Crippen LogP contribution in [0.5, 0.6) is 0 Å². The van der Waals surface area contributed by atoms with E-state index in [4.69, 9.17) is 23.2 Å². The molecule has 0 saturated heterocycles. The third-order valence-electron chi connectivity index (χ3n) is 2.53. The van der Waals surface area contributed by atoms with Gasteiger partial charge in [0.2, 0.25) is 5.91 Å². The number of nitrogens with one attached hydrogen (secondary N) is 1. The van der Waals surface area contributed by atoms with E-state index in [-0.39, 0.29) is 16.7 Å².